The van der Waals surface area contributed by atoms with Gasteiger partial charge < -0.3 is 14.6 Å². The first-order chi connectivity index (χ1) is 11.8. The van der Waals surface area contributed by atoms with Gasteiger partial charge in [-0.2, -0.15) is 0 Å². The summed E-state index contributed by atoms with van der Waals surface area (Å²) in [5.74, 6) is 1.69. The molecule has 0 unspecified atom stereocenters. The monoisotopic (exact) mass is 323 g/mol. The molecule has 1 heterocycles. The molecule has 0 radical (unpaired) electrons. The van der Waals surface area contributed by atoms with Crippen LogP contribution in [0.5, 0.6) is 5.75 Å². The smallest absolute Gasteiger partial charge is 0.208 e. The minimum atomic E-state index is 0.821. The zero-order chi connectivity index (χ0) is 16.8. The van der Waals surface area contributed by atoms with E-state index in [2.05, 4.69) is 35.0 Å². The van der Waals surface area contributed by atoms with Gasteiger partial charge in [0.2, 0.25) is 5.95 Å². The maximum absolute atomic E-state index is 5.45. The van der Waals surface area contributed by atoms with Crippen LogP contribution in [0, 0.1) is 0 Å². The molecule has 0 saturated carbocycles. The summed E-state index contributed by atoms with van der Waals surface area (Å²) in [6.45, 7) is 3.21. The molecule has 0 bridgehead atoms. The largest absolute Gasteiger partial charge is 0.495 e. The van der Waals surface area contributed by atoms with Gasteiger partial charge in [0.15, 0.2) is 0 Å². The molecule has 3 aromatic rings. The Morgan fingerprint density at radius 1 is 1.00 bits per heavy atom. The lowest BCUT2D eigenvalue weighted by Crippen LogP contribution is -2.05. The summed E-state index contributed by atoms with van der Waals surface area (Å²) in [6.07, 6.45) is 4.94. The molecule has 1 N–H and O–H groups in total. The molecule has 0 atom stereocenters. The number of para-hydroxylation sites is 4. The fraction of sp³-hybridized carbons (Fsp3) is 0.350. The summed E-state index contributed by atoms with van der Waals surface area (Å²) in [5, 5.41) is 3.45. The van der Waals surface area contributed by atoms with Crippen molar-refractivity contribution in [3.05, 3.63) is 48.5 Å². The number of benzene rings is 2. The van der Waals surface area contributed by atoms with E-state index >= 15 is 0 Å². The van der Waals surface area contributed by atoms with E-state index in [4.69, 9.17) is 9.72 Å². The van der Waals surface area contributed by atoms with E-state index in [0.29, 0.717) is 0 Å². The number of nitrogens with zero attached hydrogens (tertiary/aromatic N) is 2. The lowest BCUT2D eigenvalue weighted by Gasteiger charge is -2.13. The van der Waals surface area contributed by atoms with Crippen LogP contribution in [0.1, 0.15) is 32.6 Å². The van der Waals surface area contributed by atoms with Gasteiger partial charge in [0.1, 0.15) is 5.75 Å². The van der Waals surface area contributed by atoms with E-state index in [-0.39, 0.29) is 0 Å². The van der Waals surface area contributed by atoms with Crippen LogP contribution in [0.4, 0.5) is 11.6 Å². The standard InChI is InChI=1S/C20H25N3O/c1-3-4-5-10-15-23-18-13-8-6-11-16(18)21-20(23)22-17-12-7-9-14-19(17)24-2/h6-9,11-14H,3-5,10,15H2,1-2H3,(H,21,22). The highest BCUT2D eigenvalue weighted by molar-refractivity contribution is 5.80. The van der Waals surface area contributed by atoms with E-state index in [1.54, 1.807) is 7.11 Å². The van der Waals surface area contributed by atoms with E-state index in [1.165, 1.54) is 24.8 Å². The molecule has 0 aliphatic heterocycles. The number of methoxy groups -OCH3 is 1. The molecule has 0 saturated heterocycles. The van der Waals surface area contributed by atoms with Gasteiger partial charge in [-0.05, 0) is 30.7 Å². The van der Waals surface area contributed by atoms with Crippen molar-refractivity contribution in [3.63, 3.8) is 0 Å². The first kappa shape index (κ1) is 16.4. The van der Waals surface area contributed by atoms with Gasteiger partial charge in [-0.25, -0.2) is 4.98 Å². The number of aryl methyl sites for hydroxylation is 1. The summed E-state index contributed by atoms with van der Waals surface area (Å²) < 4.78 is 7.72. The normalized spacial score (nSPS) is 10.9. The van der Waals surface area contributed by atoms with Gasteiger partial charge in [-0.15, -0.1) is 0 Å². The molecule has 0 spiro atoms. The summed E-state index contributed by atoms with van der Waals surface area (Å²) in [4.78, 5) is 4.78. The molecular weight excluding hydrogens is 298 g/mol. The van der Waals surface area contributed by atoms with Crippen molar-refractivity contribution < 1.29 is 4.74 Å². The van der Waals surface area contributed by atoms with Crippen molar-refractivity contribution in [2.24, 2.45) is 0 Å². The summed E-state index contributed by atoms with van der Waals surface area (Å²) >= 11 is 0. The van der Waals surface area contributed by atoms with Crippen LogP contribution < -0.4 is 10.1 Å². The zero-order valence-electron chi connectivity index (χ0n) is 14.5. The maximum atomic E-state index is 5.45. The second-order valence-corrected chi connectivity index (χ2v) is 5.96. The van der Waals surface area contributed by atoms with E-state index < -0.39 is 0 Å². The topological polar surface area (TPSA) is 39.1 Å². The molecule has 126 valence electrons. The van der Waals surface area contributed by atoms with E-state index in [1.807, 2.05) is 30.3 Å². The number of aromatic nitrogens is 2. The first-order valence-corrected chi connectivity index (χ1v) is 8.68. The Hall–Kier alpha value is -2.49. The number of nitrogens with one attached hydrogen (secondary N) is 1. The number of hydrogen-bond donors (Lipinski definition) is 1. The van der Waals surface area contributed by atoms with Crippen LogP contribution in [0.3, 0.4) is 0 Å². The number of ether oxygens (including phenoxy) is 1. The van der Waals surface area contributed by atoms with Gasteiger partial charge in [0.25, 0.3) is 0 Å². The second kappa shape index (κ2) is 7.86. The van der Waals surface area contributed by atoms with Crippen LogP contribution in [0.2, 0.25) is 0 Å². The lowest BCUT2D eigenvalue weighted by molar-refractivity contribution is 0.416. The number of fused-ring (bicyclic) bond motifs is 1. The molecule has 2 aromatic carbocycles. The van der Waals surface area contributed by atoms with Gasteiger partial charge in [0, 0.05) is 6.54 Å². The molecule has 1 aromatic heterocycles. The molecule has 0 amide bonds. The van der Waals surface area contributed by atoms with Crippen molar-refractivity contribution in [1.82, 2.24) is 9.55 Å². The number of hydrogen-bond acceptors (Lipinski definition) is 3. The number of anilines is 2. The highest BCUT2D eigenvalue weighted by atomic mass is 16.5. The Balaban J connectivity index is 1.91. The van der Waals surface area contributed by atoms with Crippen molar-refractivity contribution in [3.8, 4) is 5.75 Å². The molecular formula is C20H25N3O. The molecule has 24 heavy (non-hydrogen) atoms. The zero-order valence-corrected chi connectivity index (χ0v) is 14.5. The number of rotatable bonds is 8. The van der Waals surface area contributed by atoms with E-state index in [9.17, 15) is 0 Å². The Bertz CT molecular complexity index is 794. The van der Waals surface area contributed by atoms with Crippen LogP contribution in [0.15, 0.2) is 48.5 Å². The van der Waals surface area contributed by atoms with Crippen molar-refractivity contribution in [2.45, 2.75) is 39.2 Å². The van der Waals surface area contributed by atoms with Crippen LogP contribution >= 0.6 is 0 Å². The van der Waals surface area contributed by atoms with Crippen molar-refractivity contribution >= 4 is 22.7 Å². The Morgan fingerprint density at radius 3 is 2.62 bits per heavy atom. The minimum absolute atomic E-state index is 0.821. The predicted molar refractivity (Wildman–Crippen MR) is 100 cm³/mol. The maximum Gasteiger partial charge on any atom is 0.208 e. The summed E-state index contributed by atoms with van der Waals surface area (Å²) in [5.41, 5.74) is 3.13. The molecule has 4 nitrogen and oxygen atoms in total. The predicted octanol–water partition coefficient (Wildman–Crippen LogP) is 5.37. The van der Waals surface area contributed by atoms with Crippen molar-refractivity contribution in [2.75, 3.05) is 12.4 Å². The number of imidazole rings is 1. The molecule has 4 heteroatoms. The molecule has 0 aliphatic rings. The van der Waals surface area contributed by atoms with Gasteiger partial charge >= 0.3 is 0 Å². The third kappa shape index (κ3) is 3.53. The van der Waals surface area contributed by atoms with Crippen molar-refractivity contribution in [1.29, 1.82) is 0 Å². The Morgan fingerprint density at radius 2 is 1.79 bits per heavy atom. The molecule has 0 fully saturated rings. The Kier molecular flexibility index (Phi) is 5.36. The van der Waals surface area contributed by atoms with Gasteiger partial charge in [0.05, 0.1) is 23.8 Å². The second-order valence-electron chi connectivity index (χ2n) is 5.96. The van der Waals surface area contributed by atoms with Crippen LogP contribution in [-0.4, -0.2) is 16.7 Å². The lowest BCUT2D eigenvalue weighted by atomic mass is 10.2. The third-order valence-electron chi connectivity index (χ3n) is 4.24. The fourth-order valence-corrected chi connectivity index (χ4v) is 2.96. The average molecular weight is 323 g/mol. The highest BCUT2D eigenvalue weighted by Gasteiger charge is 2.12. The highest BCUT2D eigenvalue weighted by Crippen LogP contribution is 2.29. The molecule has 3 rings (SSSR count). The SMILES string of the molecule is CCCCCCn1c(Nc2ccccc2OC)nc2ccccc21. The van der Waals surface area contributed by atoms with Crippen LogP contribution in [0.25, 0.3) is 11.0 Å². The molecule has 0 aliphatic carbocycles. The van der Waals surface area contributed by atoms with Crippen LogP contribution in [-0.2, 0) is 6.54 Å². The first-order valence-electron chi connectivity index (χ1n) is 8.68. The Labute approximate surface area is 143 Å². The quantitative estimate of drug-likeness (QED) is 0.566. The average Bonchev–Trinajstić information content (AvgIpc) is 2.96. The minimum Gasteiger partial charge on any atom is -0.495 e. The summed E-state index contributed by atoms with van der Waals surface area (Å²) in [6, 6.07) is 16.2. The van der Waals surface area contributed by atoms with E-state index in [0.717, 1.165) is 35.9 Å². The fourth-order valence-electron chi connectivity index (χ4n) is 2.96. The third-order valence-corrected chi connectivity index (χ3v) is 4.24. The van der Waals surface area contributed by atoms with Gasteiger partial charge in [-0.3, -0.25) is 0 Å². The summed E-state index contributed by atoms with van der Waals surface area (Å²) in [7, 11) is 1.69. The number of unbranched alkanes of at least 4 members (excludes halogenated alkanes) is 3. The van der Waals surface area contributed by atoms with Gasteiger partial charge in [-0.1, -0.05) is 50.5 Å².